The maximum Gasteiger partial charge on any atom is 0.0789 e. The van der Waals surface area contributed by atoms with Crippen LogP contribution in [0.4, 0.5) is 5.69 Å². The van der Waals surface area contributed by atoms with Crippen LogP contribution in [0, 0.1) is 0 Å². The monoisotopic (exact) mass is 206 g/mol. The van der Waals surface area contributed by atoms with E-state index in [0.29, 0.717) is 6.54 Å². The number of anilines is 1. The lowest BCUT2D eigenvalue weighted by molar-refractivity contribution is 0.0973. The fourth-order valence-corrected chi connectivity index (χ4v) is 1.97. The van der Waals surface area contributed by atoms with Crippen LogP contribution in [0.1, 0.15) is 12.8 Å². The molecule has 3 heteroatoms. The molecule has 2 unspecified atom stereocenters. The third-order valence-electron chi connectivity index (χ3n) is 2.79. The van der Waals surface area contributed by atoms with E-state index in [2.05, 4.69) is 17.4 Å². The average Bonchev–Trinajstić information content (AvgIpc) is 2.81. The van der Waals surface area contributed by atoms with Crippen LogP contribution < -0.4 is 11.1 Å². The molecule has 0 aliphatic carbocycles. The molecule has 1 saturated heterocycles. The zero-order chi connectivity index (χ0) is 10.5. The van der Waals surface area contributed by atoms with Crippen LogP contribution in [-0.4, -0.2) is 25.3 Å². The van der Waals surface area contributed by atoms with Crippen molar-refractivity contribution < 1.29 is 4.74 Å². The molecule has 15 heavy (non-hydrogen) atoms. The van der Waals surface area contributed by atoms with Crippen LogP contribution in [0.15, 0.2) is 30.3 Å². The molecule has 0 aromatic heterocycles. The highest BCUT2D eigenvalue weighted by Gasteiger charge is 2.24. The second-order valence-corrected chi connectivity index (χ2v) is 3.90. The van der Waals surface area contributed by atoms with Crippen molar-refractivity contribution in [2.24, 2.45) is 5.73 Å². The van der Waals surface area contributed by atoms with Crippen molar-refractivity contribution in [1.82, 2.24) is 0 Å². The maximum absolute atomic E-state index is 5.76. The Morgan fingerprint density at radius 3 is 2.80 bits per heavy atom. The lowest BCUT2D eigenvalue weighted by Gasteiger charge is -2.23. The van der Waals surface area contributed by atoms with Gasteiger partial charge in [-0.05, 0) is 25.0 Å². The third-order valence-corrected chi connectivity index (χ3v) is 2.79. The maximum atomic E-state index is 5.76. The highest BCUT2D eigenvalue weighted by Crippen LogP contribution is 2.18. The summed E-state index contributed by atoms with van der Waals surface area (Å²) in [6.45, 7) is 1.48. The van der Waals surface area contributed by atoms with Gasteiger partial charge >= 0.3 is 0 Å². The van der Waals surface area contributed by atoms with E-state index in [9.17, 15) is 0 Å². The summed E-state index contributed by atoms with van der Waals surface area (Å²) in [5.74, 6) is 0. The van der Waals surface area contributed by atoms with Crippen molar-refractivity contribution in [3.63, 3.8) is 0 Å². The summed E-state index contributed by atoms with van der Waals surface area (Å²) in [5, 5.41) is 3.42. The number of benzene rings is 1. The number of hydrogen-bond acceptors (Lipinski definition) is 3. The molecular weight excluding hydrogens is 188 g/mol. The minimum absolute atomic E-state index is 0.231. The summed E-state index contributed by atoms with van der Waals surface area (Å²) in [7, 11) is 0. The molecule has 82 valence electrons. The zero-order valence-electron chi connectivity index (χ0n) is 8.86. The second-order valence-electron chi connectivity index (χ2n) is 3.90. The van der Waals surface area contributed by atoms with Gasteiger partial charge in [0.25, 0.3) is 0 Å². The molecular formula is C12H18N2O. The molecule has 1 aromatic rings. The van der Waals surface area contributed by atoms with Gasteiger partial charge in [0.05, 0.1) is 12.1 Å². The normalized spacial score (nSPS) is 22.6. The lowest BCUT2D eigenvalue weighted by atomic mass is 10.1. The molecule has 0 saturated carbocycles. The van der Waals surface area contributed by atoms with Gasteiger partial charge in [-0.3, -0.25) is 0 Å². The number of hydrogen-bond donors (Lipinski definition) is 2. The quantitative estimate of drug-likeness (QED) is 0.786. The van der Waals surface area contributed by atoms with Gasteiger partial charge in [-0.2, -0.15) is 0 Å². The summed E-state index contributed by atoms with van der Waals surface area (Å²) >= 11 is 0. The van der Waals surface area contributed by atoms with Gasteiger partial charge in [-0.25, -0.2) is 0 Å². The second kappa shape index (κ2) is 5.14. The van der Waals surface area contributed by atoms with Crippen molar-refractivity contribution in [1.29, 1.82) is 0 Å². The molecule has 3 nitrogen and oxygen atoms in total. The summed E-state index contributed by atoms with van der Waals surface area (Å²) in [4.78, 5) is 0. The Labute approximate surface area is 90.6 Å². The molecule has 0 amide bonds. The Hall–Kier alpha value is -1.06. The van der Waals surface area contributed by atoms with E-state index in [1.807, 2.05) is 18.2 Å². The number of nitrogens with two attached hydrogens (primary N) is 1. The van der Waals surface area contributed by atoms with Crippen molar-refractivity contribution in [3.8, 4) is 0 Å². The molecule has 2 atom stereocenters. The predicted octanol–water partition coefficient (Wildman–Crippen LogP) is 1.60. The molecule has 0 spiro atoms. The van der Waals surface area contributed by atoms with Crippen LogP contribution in [0.2, 0.25) is 0 Å². The molecule has 3 N–H and O–H groups in total. The third kappa shape index (κ3) is 2.70. The molecule has 2 rings (SSSR count). The van der Waals surface area contributed by atoms with E-state index in [1.54, 1.807) is 0 Å². The molecule has 1 fully saturated rings. The van der Waals surface area contributed by atoms with Gasteiger partial charge in [0.1, 0.15) is 0 Å². The Balaban J connectivity index is 1.96. The molecule has 1 aromatic carbocycles. The van der Waals surface area contributed by atoms with E-state index in [0.717, 1.165) is 25.1 Å². The summed E-state index contributed by atoms with van der Waals surface area (Å²) < 4.78 is 5.64. The van der Waals surface area contributed by atoms with Gasteiger partial charge in [-0.1, -0.05) is 18.2 Å². The summed E-state index contributed by atoms with van der Waals surface area (Å²) in [5.41, 5.74) is 6.87. The van der Waals surface area contributed by atoms with Crippen LogP contribution >= 0.6 is 0 Å². The molecule has 1 aliphatic rings. The number of ether oxygens (including phenoxy) is 1. The number of nitrogens with one attached hydrogen (secondary N) is 1. The Morgan fingerprint density at radius 1 is 1.40 bits per heavy atom. The largest absolute Gasteiger partial charge is 0.378 e. The predicted molar refractivity (Wildman–Crippen MR) is 61.9 cm³/mol. The van der Waals surface area contributed by atoms with E-state index < -0.39 is 0 Å². The lowest BCUT2D eigenvalue weighted by Crippen LogP contribution is -2.39. The van der Waals surface area contributed by atoms with Crippen molar-refractivity contribution >= 4 is 5.69 Å². The zero-order valence-corrected chi connectivity index (χ0v) is 8.86. The van der Waals surface area contributed by atoms with E-state index >= 15 is 0 Å². The van der Waals surface area contributed by atoms with Crippen LogP contribution in [0.5, 0.6) is 0 Å². The van der Waals surface area contributed by atoms with E-state index in [1.165, 1.54) is 0 Å². The number of rotatable bonds is 4. The SMILES string of the molecule is NCC(Nc1ccccc1)C1CCCO1. The Kier molecular flexibility index (Phi) is 3.59. The van der Waals surface area contributed by atoms with E-state index in [-0.39, 0.29) is 12.1 Å². The molecule has 1 aliphatic heterocycles. The van der Waals surface area contributed by atoms with Gasteiger partial charge in [0, 0.05) is 18.8 Å². The van der Waals surface area contributed by atoms with Crippen molar-refractivity contribution in [3.05, 3.63) is 30.3 Å². The Morgan fingerprint density at radius 2 is 2.20 bits per heavy atom. The minimum atomic E-state index is 0.231. The first kappa shape index (κ1) is 10.5. The van der Waals surface area contributed by atoms with Crippen molar-refractivity contribution in [2.45, 2.75) is 25.0 Å². The van der Waals surface area contributed by atoms with Gasteiger partial charge in [-0.15, -0.1) is 0 Å². The van der Waals surface area contributed by atoms with Crippen LogP contribution in [-0.2, 0) is 4.74 Å². The van der Waals surface area contributed by atoms with Gasteiger partial charge < -0.3 is 15.8 Å². The van der Waals surface area contributed by atoms with Crippen LogP contribution in [0.3, 0.4) is 0 Å². The summed E-state index contributed by atoms with van der Waals surface area (Å²) in [6, 6.07) is 10.4. The van der Waals surface area contributed by atoms with Crippen molar-refractivity contribution in [2.75, 3.05) is 18.5 Å². The fraction of sp³-hybridized carbons (Fsp3) is 0.500. The Bertz CT molecular complexity index is 283. The standard InChI is InChI=1S/C12H18N2O/c13-9-11(12-7-4-8-15-12)14-10-5-2-1-3-6-10/h1-3,5-6,11-12,14H,4,7-9,13H2. The van der Waals surface area contributed by atoms with Gasteiger partial charge in [0.2, 0.25) is 0 Å². The number of para-hydroxylation sites is 1. The molecule has 0 bridgehead atoms. The minimum Gasteiger partial charge on any atom is -0.378 e. The molecule has 0 radical (unpaired) electrons. The summed E-state index contributed by atoms with van der Waals surface area (Å²) in [6.07, 6.45) is 2.54. The first-order chi connectivity index (χ1) is 7.40. The first-order valence-electron chi connectivity index (χ1n) is 5.53. The molecule has 1 heterocycles. The van der Waals surface area contributed by atoms with Crippen LogP contribution in [0.25, 0.3) is 0 Å². The first-order valence-corrected chi connectivity index (χ1v) is 5.53. The topological polar surface area (TPSA) is 47.3 Å². The highest BCUT2D eigenvalue weighted by atomic mass is 16.5. The van der Waals surface area contributed by atoms with Gasteiger partial charge in [0.15, 0.2) is 0 Å². The average molecular weight is 206 g/mol. The smallest absolute Gasteiger partial charge is 0.0789 e. The fourth-order valence-electron chi connectivity index (χ4n) is 1.97. The highest BCUT2D eigenvalue weighted by molar-refractivity contribution is 5.43. The van der Waals surface area contributed by atoms with E-state index in [4.69, 9.17) is 10.5 Å².